The van der Waals surface area contributed by atoms with Crippen LogP contribution in [0.25, 0.3) is 10.9 Å². The molecule has 0 radical (unpaired) electrons. The second kappa shape index (κ2) is 7.35. The van der Waals surface area contributed by atoms with E-state index in [2.05, 4.69) is 15.3 Å². The van der Waals surface area contributed by atoms with Crippen LogP contribution in [0.1, 0.15) is 47.1 Å². The average Bonchev–Trinajstić information content (AvgIpc) is 3.13. The third-order valence-corrected chi connectivity index (χ3v) is 4.95. The van der Waals surface area contributed by atoms with Gasteiger partial charge in [-0.2, -0.15) is 0 Å². The van der Waals surface area contributed by atoms with Crippen LogP contribution >= 0.6 is 0 Å². The number of fused-ring (bicyclic) bond motifs is 1. The van der Waals surface area contributed by atoms with Gasteiger partial charge in [-0.1, -0.05) is 36.4 Å². The van der Waals surface area contributed by atoms with Crippen molar-refractivity contribution in [2.24, 2.45) is 9.98 Å². The predicted molar refractivity (Wildman–Crippen MR) is 113 cm³/mol. The summed E-state index contributed by atoms with van der Waals surface area (Å²) in [6, 6.07) is 17.4. The van der Waals surface area contributed by atoms with Gasteiger partial charge >= 0.3 is 0 Å². The Labute approximate surface area is 164 Å². The highest BCUT2D eigenvalue weighted by molar-refractivity contribution is 6.38. The zero-order chi connectivity index (χ0) is 19.7. The number of pyridine rings is 1. The quantitative estimate of drug-likeness (QED) is 0.746. The van der Waals surface area contributed by atoms with Crippen molar-refractivity contribution in [2.75, 3.05) is 0 Å². The number of aryl methyl sites for hydroxylation is 1. The van der Waals surface area contributed by atoms with Crippen LogP contribution in [0.4, 0.5) is 0 Å². The highest BCUT2D eigenvalue weighted by Gasteiger charge is 2.19. The SMILES string of the molecule is Cc1ccccc1C(=O)NC(C)c1cc(C2=NC(C)N=C2)nc2ccccc12. The van der Waals surface area contributed by atoms with E-state index in [1.807, 2.05) is 75.4 Å². The van der Waals surface area contributed by atoms with Crippen LogP contribution in [0.3, 0.4) is 0 Å². The summed E-state index contributed by atoms with van der Waals surface area (Å²) in [6.45, 7) is 5.88. The number of amides is 1. The molecule has 5 heteroatoms. The molecule has 28 heavy (non-hydrogen) atoms. The lowest BCUT2D eigenvalue weighted by molar-refractivity contribution is 0.0939. The number of aromatic nitrogens is 1. The fraction of sp³-hybridized carbons (Fsp3) is 0.217. The zero-order valence-corrected chi connectivity index (χ0v) is 16.2. The summed E-state index contributed by atoms with van der Waals surface area (Å²) in [5.41, 5.74) is 5.09. The van der Waals surface area contributed by atoms with E-state index in [1.54, 1.807) is 6.21 Å². The molecule has 4 rings (SSSR count). The Balaban J connectivity index is 1.72. The van der Waals surface area contributed by atoms with E-state index >= 15 is 0 Å². The van der Waals surface area contributed by atoms with E-state index in [0.29, 0.717) is 5.56 Å². The van der Waals surface area contributed by atoms with Gasteiger partial charge < -0.3 is 5.32 Å². The molecule has 0 aliphatic carbocycles. The van der Waals surface area contributed by atoms with E-state index in [4.69, 9.17) is 4.98 Å². The Hall–Kier alpha value is -3.34. The van der Waals surface area contributed by atoms with Gasteiger partial charge in [0.15, 0.2) is 0 Å². The van der Waals surface area contributed by atoms with E-state index in [-0.39, 0.29) is 18.1 Å². The topological polar surface area (TPSA) is 66.7 Å². The van der Waals surface area contributed by atoms with E-state index < -0.39 is 0 Å². The Morgan fingerprint density at radius 1 is 1.11 bits per heavy atom. The molecular formula is C23H22N4O. The number of aliphatic imine (C=N–C) groups is 2. The normalized spacial score (nSPS) is 16.8. The van der Waals surface area contributed by atoms with Gasteiger partial charge in [-0.15, -0.1) is 0 Å². The molecule has 1 amide bonds. The first-order chi connectivity index (χ1) is 13.5. The molecule has 0 bridgehead atoms. The van der Waals surface area contributed by atoms with Gasteiger partial charge in [0, 0.05) is 10.9 Å². The van der Waals surface area contributed by atoms with Gasteiger partial charge in [0.25, 0.3) is 5.91 Å². The van der Waals surface area contributed by atoms with Crippen LogP contribution in [0, 0.1) is 6.92 Å². The van der Waals surface area contributed by atoms with Gasteiger partial charge in [-0.3, -0.25) is 14.8 Å². The van der Waals surface area contributed by atoms with Crippen LogP contribution < -0.4 is 5.32 Å². The summed E-state index contributed by atoms with van der Waals surface area (Å²) in [7, 11) is 0. The van der Waals surface area contributed by atoms with E-state index in [0.717, 1.165) is 33.4 Å². The minimum absolute atomic E-state index is 0.0788. The summed E-state index contributed by atoms with van der Waals surface area (Å²) >= 11 is 0. The standard InChI is InChI=1S/C23H22N4O/c1-14-8-4-5-9-17(14)23(28)25-15(2)19-12-21(22-13-24-16(3)26-22)27-20-11-7-6-10-18(19)20/h4-13,15-16H,1-3H3,(H,25,28). The first kappa shape index (κ1) is 18.0. The highest BCUT2D eigenvalue weighted by atomic mass is 16.1. The molecule has 140 valence electrons. The van der Waals surface area contributed by atoms with E-state index in [9.17, 15) is 4.79 Å². The van der Waals surface area contributed by atoms with Gasteiger partial charge in [-0.05, 0) is 50.1 Å². The smallest absolute Gasteiger partial charge is 0.252 e. The van der Waals surface area contributed by atoms with Crippen molar-refractivity contribution >= 4 is 28.7 Å². The summed E-state index contributed by atoms with van der Waals surface area (Å²) in [6.07, 6.45) is 1.69. The summed E-state index contributed by atoms with van der Waals surface area (Å²) in [4.78, 5) is 26.4. The number of rotatable bonds is 4. The molecule has 1 aliphatic heterocycles. The molecule has 5 nitrogen and oxygen atoms in total. The monoisotopic (exact) mass is 370 g/mol. The number of carbonyl (C=O) groups excluding carboxylic acids is 1. The molecule has 1 aliphatic rings. The maximum Gasteiger partial charge on any atom is 0.252 e. The van der Waals surface area contributed by atoms with Crippen molar-refractivity contribution < 1.29 is 4.79 Å². The van der Waals surface area contributed by atoms with Crippen LogP contribution in [-0.2, 0) is 0 Å². The Bertz CT molecular complexity index is 1120. The number of benzene rings is 2. The second-order valence-corrected chi connectivity index (χ2v) is 7.05. The first-order valence-corrected chi connectivity index (χ1v) is 9.40. The number of hydrogen-bond donors (Lipinski definition) is 1. The lowest BCUT2D eigenvalue weighted by Gasteiger charge is -2.18. The lowest BCUT2D eigenvalue weighted by Crippen LogP contribution is -2.27. The maximum atomic E-state index is 12.8. The maximum absolute atomic E-state index is 12.8. The van der Waals surface area contributed by atoms with Gasteiger partial charge in [-0.25, -0.2) is 4.98 Å². The Kier molecular flexibility index (Phi) is 4.74. The first-order valence-electron chi connectivity index (χ1n) is 9.40. The highest BCUT2D eigenvalue weighted by Crippen LogP contribution is 2.25. The summed E-state index contributed by atoms with van der Waals surface area (Å²) < 4.78 is 0. The van der Waals surface area contributed by atoms with Crippen molar-refractivity contribution in [1.29, 1.82) is 0 Å². The third-order valence-electron chi connectivity index (χ3n) is 4.95. The number of carbonyl (C=O) groups is 1. The van der Waals surface area contributed by atoms with Crippen molar-refractivity contribution in [3.05, 3.63) is 77.0 Å². The van der Waals surface area contributed by atoms with Crippen molar-refractivity contribution in [2.45, 2.75) is 33.0 Å². The van der Waals surface area contributed by atoms with Crippen LogP contribution in [0.2, 0.25) is 0 Å². The van der Waals surface area contributed by atoms with Crippen molar-refractivity contribution in [3.8, 4) is 0 Å². The zero-order valence-electron chi connectivity index (χ0n) is 16.2. The number of nitrogens with zero attached hydrogens (tertiary/aromatic N) is 3. The predicted octanol–water partition coefficient (Wildman–Crippen LogP) is 4.25. The average molecular weight is 370 g/mol. The molecule has 0 saturated heterocycles. The molecule has 2 heterocycles. The Morgan fingerprint density at radius 3 is 2.61 bits per heavy atom. The Morgan fingerprint density at radius 2 is 1.86 bits per heavy atom. The van der Waals surface area contributed by atoms with Crippen LogP contribution in [-0.4, -0.2) is 29.0 Å². The molecular weight excluding hydrogens is 348 g/mol. The lowest BCUT2D eigenvalue weighted by atomic mass is 10.00. The van der Waals surface area contributed by atoms with E-state index in [1.165, 1.54) is 0 Å². The molecule has 0 saturated carbocycles. The molecule has 0 spiro atoms. The largest absolute Gasteiger partial charge is 0.345 e. The fourth-order valence-electron chi connectivity index (χ4n) is 3.45. The molecule has 2 unspecified atom stereocenters. The molecule has 2 aromatic carbocycles. The molecule has 2 atom stereocenters. The van der Waals surface area contributed by atoms with Gasteiger partial charge in [0.2, 0.25) is 0 Å². The minimum Gasteiger partial charge on any atom is -0.345 e. The fourth-order valence-corrected chi connectivity index (χ4v) is 3.45. The van der Waals surface area contributed by atoms with Crippen molar-refractivity contribution in [1.82, 2.24) is 10.3 Å². The van der Waals surface area contributed by atoms with Crippen LogP contribution in [0.15, 0.2) is 64.6 Å². The number of nitrogens with one attached hydrogen (secondary N) is 1. The van der Waals surface area contributed by atoms with Crippen molar-refractivity contribution in [3.63, 3.8) is 0 Å². The minimum atomic E-state index is -0.185. The summed E-state index contributed by atoms with van der Waals surface area (Å²) in [5, 5.41) is 4.15. The molecule has 3 aromatic rings. The molecule has 0 fully saturated rings. The number of hydrogen-bond acceptors (Lipinski definition) is 4. The molecule has 1 N–H and O–H groups in total. The van der Waals surface area contributed by atoms with Gasteiger partial charge in [0.1, 0.15) is 11.9 Å². The second-order valence-electron chi connectivity index (χ2n) is 7.05. The number of para-hydroxylation sites is 1. The molecule has 1 aromatic heterocycles. The summed E-state index contributed by atoms with van der Waals surface area (Å²) in [5.74, 6) is -0.0820. The van der Waals surface area contributed by atoms with Crippen LogP contribution in [0.5, 0.6) is 0 Å². The third kappa shape index (κ3) is 3.43. The van der Waals surface area contributed by atoms with Gasteiger partial charge in [0.05, 0.1) is 23.5 Å².